The van der Waals surface area contributed by atoms with Gasteiger partial charge >= 0.3 is 0 Å². The Kier molecular flexibility index (Phi) is 6.67. The van der Waals surface area contributed by atoms with Crippen LogP contribution in [0.5, 0.6) is 0 Å². The summed E-state index contributed by atoms with van der Waals surface area (Å²) in [5.74, 6) is 0.600. The molecule has 0 aliphatic rings. The quantitative estimate of drug-likeness (QED) is 0.705. The van der Waals surface area contributed by atoms with Crippen molar-refractivity contribution < 1.29 is 9.47 Å². The third kappa shape index (κ3) is 6.29. The van der Waals surface area contributed by atoms with Crippen molar-refractivity contribution in [2.45, 2.75) is 20.5 Å². The van der Waals surface area contributed by atoms with E-state index in [4.69, 9.17) is 9.47 Å². The molecular formula is C14H23NO2. The molecule has 1 aromatic carbocycles. The highest BCUT2D eigenvalue weighted by Crippen LogP contribution is 2.09. The Morgan fingerprint density at radius 3 is 2.47 bits per heavy atom. The molecule has 0 fully saturated rings. The molecule has 17 heavy (non-hydrogen) atoms. The maximum atomic E-state index is 5.50. The highest BCUT2D eigenvalue weighted by atomic mass is 16.5. The Labute approximate surface area is 104 Å². The first-order valence-electron chi connectivity index (χ1n) is 6.12. The summed E-state index contributed by atoms with van der Waals surface area (Å²) < 4.78 is 10.6. The third-order valence-electron chi connectivity index (χ3n) is 2.29. The number of nitrogens with one attached hydrogen (secondary N) is 1. The van der Waals surface area contributed by atoms with Crippen LogP contribution in [0.2, 0.25) is 0 Å². The van der Waals surface area contributed by atoms with Gasteiger partial charge in [0, 0.05) is 25.9 Å². The van der Waals surface area contributed by atoms with Crippen LogP contribution < -0.4 is 5.32 Å². The van der Waals surface area contributed by atoms with Gasteiger partial charge in [-0.15, -0.1) is 0 Å². The average molecular weight is 237 g/mol. The van der Waals surface area contributed by atoms with Gasteiger partial charge in [-0.1, -0.05) is 26.0 Å². The second-order valence-electron chi connectivity index (χ2n) is 4.53. The number of anilines is 1. The van der Waals surface area contributed by atoms with Crippen molar-refractivity contribution in [2.75, 3.05) is 32.2 Å². The molecule has 1 N–H and O–H groups in total. The Morgan fingerprint density at radius 2 is 1.88 bits per heavy atom. The molecule has 3 nitrogen and oxygen atoms in total. The summed E-state index contributed by atoms with van der Waals surface area (Å²) in [7, 11) is 1.71. The van der Waals surface area contributed by atoms with Crippen LogP contribution >= 0.6 is 0 Å². The van der Waals surface area contributed by atoms with Gasteiger partial charge in [-0.25, -0.2) is 0 Å². The summed E-state index contributed by atoms with van der Waals surface area (Å²) in [5, 5.41) is 3.32. The minimum Gasteiger partial charge on any atom is -0.383 e. The van der Waals surface area contributed by atoms with Crippen molar-refractivity contribution in [1.82, 2.24) is 0 Å². The lowest BCUT2D eigenvalue weighted by molar-refractivity contribution is 0.118. The van der Waals surface area contributed by atoms with Gasteiger partial charge in [0.25, 0.3) is 0 Å². The van der Waals surface area contributed by atoms with Crippen LogP contribution in [0.1, 0.15) is 19.4 Å². The van der Waals surface area contributed by atoms with Gasteiger partial charge in [-0.3, -0.25) is 0 Å². The molecule has 0 heterocycles. The summed E-state index contributed by atoms with van der Waals surface area (Å²) in [4.78, 5) is 0. The zero-order valence-corrected chi connectivity index (χ0v) is 11.0. The monoisotopic (exact) mass is 237 g/mol. The Hall–Kier alpha value is -1.06. The molecule has 0 atom stereocenters. The lowest BCUT2D eigenvalue weighted by Gasteiger charge is -2.09. The largest absolute Gasteiger partial charge is 0.383 e. The van der Waals surface area contributed by atoms with Crippen LogP contribution in [-0.2, 0) is 16.1 Å². The highest BCUT2D eigenvalue weighted by molar-refractivity contribution is 5.44. The summed E-state index contributed by atoms with van der Waals surface area (Å²) in [5.41, 5.74) is 2.31. The molecule has 96 valence electrons. The van der Waals surface area contributed by atoms with Crippen LogP contribution in [-0.4, -0.2) is 26.9 Å². The smallest absolute Gasteiger partial charge is 0.0713 e. The normalized spacial score (nSPS) is 10.8. The molecular weight excluding hydrogens is 214 g/mol. The van der Waals surface area contributed by atoms with Crippen molar-refractivity contribution in [3.05, 3.63) is 29.8 Å². The van der Waals surface area contributed by atoms with Crippen LogP contribution in [0.15, 0.2) is 24.3 Å². The van der Waals surface area contributed by atoms with Crippen molar-refractivity contribution in [2.24, 2.45) is 5.92 Å². The van der Waals surface area contributed by atoms with E-state index in [0.717, 1.165) is 25.4 Å². The molecule has 0 saturated heterocycles. The first kappa shape index (κ1) is 14.0. The number of rotatable bonds is 8. The summed E-state index contributed by atoms with van der Waals surface area (Å²) in [6.07, 6.45) is 0. The van der Waals surface area contributed by atoms with Gasteiger partial charge in [-0.2, -0.15) is 0 Å². The van der Waals surface area contributed by atoms with Gasteiger partial charge in [-0.05, 0) is 23.6 Å². The second kappa shape index (κ2) is 8.09. The molecule has 1 aromatic rings. The molecule has 0 bridgehead atoms. The lowest BCUT2D eigenvalue weighted by atomic mass is 10.2. The van der Waals surface area contributed by atoms with Crippen LogP contribution in [0, 0.1) is 5.92 Å². The number of ether oxygens (including phenoxy) is 2. The Bertz CT molecular complexity index is 296. The molecule has 0 aromatic heterocycles. The van der Waals surface area contributed by atoms with Gasteiger partial charge < -0.3 is 14.8 Å². The third-order valence-corrected chi connectivity index (χ3v) is 2.29. The Morgan fingerprint density at radius 1 is 1.18 bits per heavy atom. The highest BCUT2D eigenvalue weighted by Gasteiger charge is 1.95. The van der Waals surface area contributed by atoms with E-state index in [0.29, 0.717) is 12.5 Å². The fraction of sp³-hybridized carbons (Fsp3) is 0.571. The van der Waals surface area contributed by atoms with E-state index in [1.54, 1.807) is 7.11 Å². The number of hydrogen-bond donors (Lipinski definition) is 1. The van der Waals surface area contributed by atoms with E-state index in [1.807, 2.05) is 0 Å². The van der Waals surface area contributed by atoms with Crippen molar-refractivity contribution in [1.29, 1.82) is 0 Å². The topological polar surface area (TPSA) is 30.5 Å². The summed E-state index contributed by atoms with van der Waals surface area (Å²) in [6, 6.07) is 8.27. The molecule has 0 saturated carbocycles. The van der Waals surface area contributed by atoms with E-state index < -0.39 is 0 Å². The van der Waals surface area contributed by atoms with Gasteiger partial charge in [0.2, 0.25) is 0 Å². The van der Waals surface area contributed by atoms with E-state index in [1.165, 1.54) is 5.56 Å². The minimum absolute atomic E-state index is 0.600. The first-order valence-corrected chi connectivity index (χ1v) is 6.12. The molecule has 1 rings (SSSR count). The average Bonchev–Trinajstić information content (AvgIpc) is 2.31. The van der Waals surface area contributed by atoms with Crippen LogP contribution in [0.25, 0.3) is 0 Å². The van der Waals surface area contributed by atoms with Crippen molar-refractivity contribution in [3.8, 4) is 0 Å². The van der Waals surface area contributed by atoms with Gasteiger partial charge in [0.1, 0.15) is 0 Å². The minimum atomic E-state index is 0.600. The molecule has 3 heteroatoms. The SMILES string of the molecule is COCc1ccc(NCCOCC(C)C)cc1. The number of hydrogen-bond acceptors (Lipinski definition) is 3. The maximum Gasteiger partial charge on any atom is 0.0713 e. The number of benzene rings is 1. The molecule has 0 spiro atoms. The first-order chi connectivity index (χ1) is 8.22. The summed E-state index contributed by atoms with van der Waals surface area (Å²) in [6.45, 7) is 7.39. The second-order valence-corrected chi connectivity index (χ2v) is 4.53. The van der Waals surface area contributed by atoms with Crippen molar-refractivity contribution in [3.63, 3.8) is 0 Å². The van der Waals surface area contributed by atoms with Crippen molar-refractivity contribution >= 4 is 5.69 Å². The van der Waals surface area contributed by atoms with Crippen LogP contribution in [0.4, 0.5) is 5.69 Å². The molecule has 0 aliphatic carbocycles. The van der Waals surface area contributed by atoms with Gasteiger partial charge in [0.15, 0.2) is 0 Å². The van der Waals surface area contributed by atoms with E-state index in [-0.39, 0.29) is 0 Å². The fourth-order valence-corrected chi connectivity index (χ4v) is 1.47. The van der Waals surface area contributed by atoms with E-state index in [9.17, 15) is 0 Å². The van der Waals surface area contributed by atoms with E-state index >= 15 is 0 Å². The maximum absolute atomic E-state index is 5.50. The molecule has 0 amide bonds. The Balaban J connectivity index is 2.18. The predicted molar refractivity (Wildman–Crippen MR) is 71.3 cm³/mol. The standard InChI is InChI=1S/C14H23NO2/c1-12(2)10-17-9-8-15-14-6-4-13(5-7-14)11-16-3/h4-7,12,15H,8-11H2,1-3H3. The zero-order chi connectivity index (χ0) is 12.5. The van der Waals surface area contributed by atoms with E-state index in [2.05, 4.69) is 43.4 Å². The predicted octanol–water partition coefficient (Wildman–Crippen LogP) is 2.92. The number of methoxy groups -OCH3 is 1. The zero-order valence-electron chi connectivity index (χ0n) is 11.0. The lowest BCUT2D eigenvalue weighted by Crippen LogP contribution is -2.12. The van der Waals surface area contributed by atoms with Crippen LogP contribution in [0.3, 0.4) is 0 Å². The van der Waals surface area contributed by atoms with Gasteiger partial charge in [0.05, 0.1) is 13.2 Å². The molecule has 0 aliphatic heterocycles. The molecule has 0 unspecified atom stereocenters. The summed E-state index contributed by atoms with van der Waals surface area (Å²) >= 11 is 0. The molecule has 0 radical (unpaired) electrons. The fourth-order valence-electron chi connectivity index (χ4n) is 1.47.